The van der Waals surface area contributed by atoms with Gasteiger partial charge in [0.05, 0.1) is 18.2 Å². The zero-order valence-electron chi connectivity index (χ0n) is 24.1. The van der Waals surface area contributed by atoms with Crippen LogP contribution in [0.15, 0.2) is 54.6 Å². The number of carbonyl (C=O) groups is 3. The third-order valence-electron chi connectivity index (χ3n) is 7.02. The molecule has 3 amide bonds. The summed E-state index contributed by atoms with van der Waals surface area (Å²) in [6, 6.07) is 16.5. The lowest BCUT2D eigenvalue weighted by atomic mass is 9.95. The molecule has 0 bridgehead atoms. The maximum absolute atomic E-state index is 13.3. The summed E-state index contributed by atoms with van der Waals surface area (Å²) in [7, 11) is 1.52. The van der Waals surface area contributed by atoms with Crippen LogP contribution < -0.4 is 20.7 Å². The standard InChI is InChI=1S/C24H36N4O5.C7H8/c1-24(2,32)21-22(30)27-15-19(29)25-12-6-8-16-7-4-5-9-18(16)33-14-13-26-20(17-10-11-17)23(31)28(21)3;1-7-5-3-2-4-6-7/h4-5,7,9,17,20-21,26,32H,6,8,10-15H2,1-3H3,(H,25,29)(H,27,30);2-6H,1H3. The van der Waals surface area contributed by atoms with Gasteiger partial charge in [-0.15, -0.1) is 0 Å². The van der Waals surface area contributed by atoms with Crippen molar-refractivity contribution in [1.82, 2.24) is 20.9 Å². The number of nitrogens with zero attached hydrogens (tertiary/aromatic N) is 1. The third-order valence-corrected chi connectivity index (χ3v) is 7.02. The number of aryl methyl sites for hydroxylation is 2. The summed E-state index contributed by atoms with van der Waals surface area (Å²) < 4.78 is 5.98. The molecule has 0 spiro atoms. The summed E-state index contributed by atoms with van der Waals surface area (Å²) in [6.07, 6.45) is 3.33. The van der Waals surface area contributed by atoms with Crippen LogP contribution in [0.4, 0.5) is 0 Å². The fourth-order valence-electron chi connectivity index (χ4n) is 4.80. The van der Waals surface area contributed by atoms with Gasteiger partial charge in [0, 0.05) is 20.1 Å². The molecule has 2 unspecified atom stereocenters. The Balaban J connectivity index is 0.000000547. The normalized spacial score (nSPS) is 21.8. The van der Waals surface area contributed by atoms with Crippen LogP contribution in [0, 0.1) is 12.8 Å². The predicted molar refractivity (Wildman–Crippen MR) is 155 cm³/mol. The fourth-order valence-corrected chi connectivity index (χ4v) is 4.80. The van der Waals surface area contributed by atoms with Gasteiger partial charge in [0.2, 0.25) is 17.7 Å². The highest BCUT2D eigenvalue weighted by Gasteiger charge is 2.44. The Morgan fingerprint density at radius 3 is 2.25 bits per heavy atom. The first kappa shape index (κ1) is 31.1. The topological polar surface area (TPSA) is 120 Å². The number of benzene rings is 2. The Bertz CT molecular complexity index is 1110. The van der Waals surface area contributed by atoms with E-state index in [1.54, 1.807) is 0 Å². The number of para-hydroxylation sites is 1. The first-order valence-corrected chi connectivity index (χ1v) is 14.1. The molecule has 0 radical (unpaired) electrons. The molecule has 1 aliphatic heterocycles. The third kappa shape index (κ3) is 9.64. The molecular formula is C31H44N4O5. The fraction of sp³-hybridized carbons (Fsp3) is 0.516. The smallest absolute Gasteiger partial charge is 0.246 e. The van der Waals surface area contributed by atoms with E-state index in [1.165, 1.54) is 31.4 Å². The van der Waals surface area contributed by atoms with Gasteiger partial charge in [0.15, 0.2) is 0 Å². The van der Waals surface area contributed by atoms with Crippen LogP contribution in [0.3, 0.4) is 0 Å². The van der Waals surface area contributed by atoms with Gasteiger partial charge in [-0.05, 0) is 64.0 Å². The summed E-state index contributed by atoms with van der Waals surface area (Å²) in [5.41, 5.74) is 0.887. The van der Waals surface area contributed by atoms with Crippen molar-refractivity contribution >= 4 is 17.7 Å². The Kier molecular flexibility index (Phi) is 11.5. The van der Waals surface area contributed by atoms with Gasteiger partial charge in [-0.1, -0.05) is 54.1 Å². The van der Waals surface area contributed by atoms with E-state index in [-0.39, 0.29) is 24.3 Å². The van der Waals surface area contributed by atoms with Crippen LogP contribution in [-0.4, -0.2) is 78.7 Å². The Hall–Kier alpha value is -3.43. The molecule has 1 heterocycles. The minimum atomic E-state index is -1.49. The minimum Gasteiger partial charge on any atom is -0.492 e. The molecule has 1 aliphatic carbocycles. The van der Waals surface area contributed by atoms with Crippen LogP contribution in [0.5, 0.6) is 5.75 Å². The number of fused-ring (bicyclic) bond motifs is 1. The lowest BCUT2D eigenvalue weighted by Gasteiger charge is -2.37. The maximum atomic E-state index is 13.3. The monoisotopic (exact) mass is 552 g/mol. The van der Waals surface area contributed by atoms with Gasteiger partial charge >= 0.3 is 0 Å². The molecule has 4 N–H and O–H groups in total. The first-order valence-electron chi connectivity index (χ1n) is 14.1. The molecular weight excluding hydrogens is 508 g/mol. The van der Waals surface area contributed by atoms with Gasteiger partial charge in [-0.25, -0.2) is 0 Å². The number of rotatable bonds is 2. The molecule has 0 saturated heterocycles. The van der Waals surface area contributed by atoms with Crippen molar-refractivity contribution < 1.29 is 24.2 Å². The Labute approximate surface area is 237 Å². The van der Waals surface area contributed by atoms with Crippen LogP contribution in [-0.2, 0) is 20.8 Å². The summed E-state index contributed by atoms with van der Waals surface area (Å²) in [6.45, 7) is 6.15. The quantitative estimate of drug-likeness (QED) is 0.454. The molecule has 2 atom stereocenters. The first-order chi connectivity index (χ1) is 19.1. The van der Waals surface area contributed by atoms with Crippen molar-refractivity contribution in [3.05, 3.63) is 65.7 Å². The van der Waals surface area contributed by atoms with E-state index in [4.69, 9.17) is 4.74 Å². The molecule has 9 heteroatoms. The molecule has 1 fully saturated rings. The van der Waals surface area contributed by atoms with E-state index in [2.05, 4.69) is 35.0 Å². The highest BCUT2D eigenvalue weighted by molar-refractivity contribution is 5.92. The SMILES string of the molecule is CN1C(=O)C(C2CC2)NCCOc2ccccc2CCCNC(=O)CNC(=O)C1C(C)(C)O.Cc1ccccc1. The van der Waals surface area contributed by atoms with Crippen molar-refractivity contribution in [1.29, 1.82) is 0 Å². The summed E-state index contributed by atoms with van der Waals surface area (Å²) in [5, 5.41) is 19.3. The van der Waals surface area contributed by atoms with Crippen molar-refractivity contribution in [2.24, 2.45) is 5.92 Å². The number of ether oxygens (including phenoxy) is 1. The highest BCUT2D eigenvalue weighted by atomic mass is 16.5. The highest BCUT2D eigenvalue weighted by Crippen LogP contribution is 2.34. The molecule has 4 rings (SSSR count). The van der Waals surface area contributed by atoms with Crippen LogP contribution in [0.2, 0.25) is 0 Å². The van der Waals surface area contributed by atoms with Gasteiger partial charge < -0.3 is 30.7 Å². The van der Waals surface area contributed by atoms with Crippen molar-refractivity contribution in [2.75, 3.05) is 33.3 Å². The van der Waals surface area contributed by atoms with E-state index in [9.17, 15) is 19.5 Å². The average Bonchev–Trinajstić information content (AvgIpc) is 3.75. The largest absolute Gasteiger partial charge is 0.492 e. The Morgan fingerprint density at radius 1 is 0.950 bits per heavy atom. The molecule has 9 nitrogen and oxygen atoms in total. The molecule has 1 saturated carbocycles. The number of nitrogens with one attached hydrogen (secondary N) is 3. The van der Waals surface area contributed by atoms with E-state index in [1.807, 2.05) is 42.5 Å². The van der Waals surface area contributed by atoms with E-state index in [0.29, 0.717) is 19.7 Å². The summed E-state index contributed by atoms with van der Waals surface area (Å²) in [5.74, 6) is -0.163. The minimum absolute atomic E-state index is 0.189. The second kappa shape index (κ2) is 14.8. The zero-order valence-corrected chi connectivity index (χ0v) is 24.1. The second-order valence-corrected chi connectivity index (χ2v) is 11.1. The molecule has 0 aromatic heterocycles. The number of amides is 3. The van der Waals surface area contributed by atoms with Gasteiger partial charge in [-0.3, -0.25) is 14.4 Å². The second-order valence-electron chi connectivity index (χ2n) is 11.1. The lowest BCUT2D eigenvalue weighted by Crippen LogP contribution is -2.62. The zero-order chi connectivity index (χ0) is 29.1. The van der Waals surface area contributed by atoms with Crippen molar-refractivity contribution in [3.8, 4) is 5.75 Å². The van der Waals surface area contributed by atoms with Crippen LogP contribution in [0.25, 0.3) is 0 Å². The number of carbonyl (C=O) groups excluding carboxylic acids is 3. The van der Waals surface area contributed by atoms with Crippen LogP contribution in [0.1, 0.15) is 44.2 Å². The molecule has 218 valence electrons. The molecule has 40 heavy (non-hydrogen) atoms. The average molecular weight is 553 g/mol. The number of hydrogen-bond acceptors (Lipinski definition) is 6. The van der Waals surface area contributed by atoms with Gasteiger partial charge in [-0.2, -0.15) is 0 Å². The van der Waals surface area contributed by atoms with E-state index < -0.39 is 23.6 Å². The van der Waals surface area contributed by atoms with E-state index >= 15 is 0 Å². The number of hydrogen-bond donors (Lipinski definition) is 4. The van der Waals surface area contributed by atoms with Gasteiger partial charge in [0.25, 0.3) is 0 Å². The molecule has 2 aromatic rings. The predicted octanol–water partition coefficient (Wildman–Crippen LogP) is 2.21. The van der Waals surface area contributed by atoms with Crippen LogP contribution >= 0.6 is 0 Å². The van der Waals surface area contributed by atoms with E-state index in [0.717, 1.165) is 37.0 Å². The summed E-state index contributed by atoms with van der Waals surface area (Å²) >= 11 is 0. The van der Waals surface area contributed by atoms with Crippen molar-refractivity contribution in [2.45, 2.75) is 64.1 Å². The van der Waals surface area contributed by atoms with Gasteiger partial charge in [0.1, 0.15) is 18.4 Å². The summed E-state index contributed by atoms with van der Waals surface area (Å²) in [4.78, 5) is 39.7. The molecule has 2 aliphatic rings. The Morgan fingerprint density at radius 2 is 1.62 bits per heavy atom. The number of aliphatic hydroxyl groups is 1. The van der Waals surface area contributed by atoms with Crippen molar-refractivity contribution in [3.63, 3.8) is 0 Å². The maximum Gasteiger partial charge on any atom is 0.246 e. The lowest BCUT2D eigenvalue weighted by molar-refractivity contribution is -0.149. The molecule has 2 aromatic carbocycles. The number of likely N-dealkylation sites (N-methyl/N-ethyl adjacent to an activating group) is 1.